The number of hydrogen-bond acceptors (Lipinski definition) is 4. The maximum atomic E-state index is 12.9. The van der Waals surface area contributed by atoms with Crippen LogP contribution in [-0.2, 0) is 35.5 Å². The molecule has 0 unspecified atom stereocenters. The third-order valence-electron chi connectivity index (χ3n) is 6.73. The first-order valence-electron chi connectivity index (χ1n) is 14.2. The van der Waals surface area contributed by atoms with Gasteiger partial charge >= 0.3 is 11.9 Å². The van der Waals surface area contributed by atoms with Gasteiger partial charge in [0.25, 0.3) is 0 Å². The lowest BCUT2D eigenvalue weighted by molar-refractivity contribution is 0.0425. The van der Waals surface area contributed by atoms with E-state index in [9.17, 15) is 9.59 Å². The Morgan fingerprint density at radius 2 is 0.947 bits per heavy atom. The van der Waals surface area contributed by atoms with Gasteiger partial charge in [0.05, 0.1) is 11.1 Å². The standard InChI is InChI=1S/C34H42O4/c1-3-5-7-9-15-27-17-13-19-29(23-27)25-37-33(35)31-21-11-12-22-32(31)34(36)38-26-30-20-14-18-28(24-30)16-10-8-6-4-2/h11-14,17-24H,3-10,15-16,25-26H2,1-2H3. The minimum Gasteiger partial charge on any atom is -0.457 e. The van der Waals surface area contributed by atoms with E-state index in [0.717, 1.165) is 36.8 Å². The average molecular weight is 515 g/mol. The molecule has 0 fully saturated rings. The predicted octanol–water partition coefficient (Wildman–Crippen LogP) is 8.65. The molecule has 3 aromatic rings. The third kappa shape index (κ3) is 9.81. The van der Waals surface area contributed by atoms with E-state index >= 15 is 0 Å². The van der Waals surface area contributed by atoms with Crippen LogP contribution in [0.3, 0.4) is 0 Å². The summed E-state index contributed by atoms with van der Waals surface area (Å²) in [6, 6.07) is 23.0. The molecule has 0 amide bonds. The number of aryl methyl sites for hydroxylation is 2. The molecule has 0 aromatic heterocycles. The molecule has 0 atom stereocenters. The Morgan fingerprint density at radius 1 is 0.526 bits per heavy atom. The molecule has 4 heteroatoms. The first kappa shape index (κ1) is 29.2. The minimum absolute atomic E-state index is 0.163. The Balaban J connectivity index is 1.55. The van der Waals surface area contributed by atoms with Gasteiger partial charge in [-0.3, -0.25) is 0 Å². The number of ether oxygens (including phenoxy) is 2. The quantitative estimate of drug-likeness (QED) is 0.142. The molecule has 202 valence electrons. The number of carbonyl (C=O) groups excluding carboxylic acids is 2. The monoisotopic (exact) mass is 514 g/mol. The van der Waals surface area contributed by atoms with Crippen molar-refractivity contribution in [1.82, 2.24) is 0 Å². The average Bonchev–Trinajstić information content (AvgIpc) is 2.95. The van der Waals surface area contributed by atoms with Crippen LogP contribution in [0.2, 0.25) is 0 Å². The van der Waals surface area contributed by atoms with Gasteiger partial charge in [0.15, 0.2) is 0 Å². The van der Waals surface area contributed by atoms with Gasteiger partial charge in [0.2, 0.25) is 0 Å². The van der Waals surface area contributed by atoms with Crippen molar-refractivity contribution in [1.29, 1.82) is 0 Å². The molecule has 0 aliphatic carbocycles. The van der Waals surface area contributed by atoms with Crippen LogP contribution in [0, 0.1) is 0 Å². The van der Waals surface area contributed by atoms with E-state index in [1.807, 2.05) is 24.3 Å². The van der Waals surface area contributed by atoms with E-state index < -0.39 is 11.9 Å². The highest BCUT2D eigenvalue weighted by atomic mass is 16.5. The molecule has 0 aliphatic rings. The number of benzene rings is 3. The number of unbranched alkanes of at least 4 members (excludes halogenated alkanes) is 6. The van der Waals surface area contributed by atoms with E-state index in [1.54, 1.807) is 24.3 Å². The molecule has 0 N–H and O–H groups in total. The van der Waals surface area contributed by atoms with Gasteiger partial charge in [-0.25, -0.2) is 9.59 Å². The summed E-state index contributed by atoms with van der Waals surface area (Å²) in [5.41, 5.74) is 4.84. The Morgan fingerprint density at radius 3 is 1.37 bits per heavy atom. The normalized spacial score (nSPS) is 10.8. The summed E-state index contributed by atoms with van der Waals surface area (Å²) in [4.78, 5) is 25.8. The zero-order valence-corrected chi connectivity index (χ0v) is 23.0. The molecular weight excluding hydrogens is 472 g/mol. The van der Waals surface area contributed by atoms with Gasteiger partial charge in [0.1, 0.15) is 13.2 Å². The number of esters is 2. The predicted molar refractivity (Wildman–Crippen MR) is 153 cm³/mol. The maximum Gasteiger partial charge on any atom is 0.339 e. The largest absolute Gasteiger partial charge is 0.457 e. The molecule has 4 nitrogen and oxygen atoms in total. The first-order chi connectivity index (χ1) is 18.6. The van der Waals surface area contributed by atoms with E-state index in [1.165, 1.54) is 49.7 Å². The maximum absolute atomic E-state index is 12.9. The second-order valence-electron chi connectivity index (χ2n) is 9.96. The summed E-state index contributed by atoms with van der Waals surface area (Å²) >= 11 is 0. The second-order valence-corrected chi connectivity index (χ2v) is 9.96. The fourth-order valence-corrected chi connectivity index (χ4v) is 4.55. The van der Waals surface area contributed by atoms with Crippen molar-refractivity contribution in [2.75, 3.05) is 0 Å². The molecule has 3 aromatic carbocycles. The molecule has 0 bridgehead atoms. The highest BCUT2D eigenvalue weighted by Gasteiger charge is 2.19. The van der Waals surface area contributed by atoms with Crippen molar-refractivity contribution < 1.29 is 19.1 Å². The summed E-state index contributed by atoms with van der Waals surface area (Å²) < 4.78 is 11.2. The lowest BCUT2D eigenvalue weighted by Crippen LogP contribution is -2.14. The summed E-state index contributed by atoms with van der Waals surface area (Å²) in [7, 11) is 0. The Bertz CT molecular complexity index is 1060. The molecule has 3 rings (SSSR count). The highest BCUT2D eigenvalue weighted by Crippen LogP contribution is 2.17. The number of hydrogen-bond donors (Lipinski definition) is 0. The molecule has 0 radical (unpaired) electrons. The van der Waals surface area contributed by atoms with Gasteiger partial charge in [-0.1, -0.05) is 113 Å². The Hall–Kier alpha value is -3.40. The molecule has 0 saturated carbocycles. The molecule has 0 heterocycles. The smallest absolute Gasteiger partial charge is 0.339 e. The van der Waals surface area contributed by atoms with Crippen molar-refractivity contribution in [2.24, 2.45) is 0 Å². The van der Waals surface area contributed by atoms with Gasteiger partial charge < -0.3 is 9.47 Å². The van der Waals surface area contributed by atoms with Gasteiger partial charge in [-0.2, -0.15) is 0 Å². The van der Waals surface area contributed by atoms with E-state index in [4.69, 9.17) is 9.47 Å². The number of rotatable bonds is 16. The van der Waals surface area contributed by atoms with E-state index in [2.05, 4.69) is 38.1 Å². The van der Waals surface area contributed by atoms with Crippen LogP contribution in [0.1, 0.15) is 108 Å². The first-order valence-corrected chi connectivity index (χ1v) is 14.2. The van der Waals surface area contributed by atoms with E-state index in [-0.39, 0.29) is 24.3 Å². The zero-order valence-electron chi connectivity index (χ0n) is 23.0. The fourth-order valence-electron chi connectivity index (χ4n) is 4.55. The molecule has 38 heavy (non-hydrogen) atoms. The van der Waals surface area contributed by atoms with Crippen LogP contribution >= 0.6 is 0 Å². The summed E-state index contributed by atoms with van der Waals surface area (Å²) in [5, 5.41) is 0. The summed E-state index contributed by atoms with van der Waals surface area (Å²) in [6.45, 7) is 4.75. The lowest BCUT2D eigenvalue weighted by atomic mass is 10.0. The van der Waals surface area contributed by atoms with Crippen LogP contribution in [0.5, 0.6) is 0 Å². The Kier molecular flexibility index (Phi) is 12.6. The van der Waals surface area contributed by atoms with Crippen molar-refractivity contribution >= 4 is 11.9 Å². The molecule has 0 aliphatic heterocycles. The molecular formula is C34H42O4. The topological polar surface area (TPSA) is 52.6 Å². The summed E-state index contributed by atoms with van der Waals surface area (Å²) in [6.07, 6.45) is 11.8. The van der Waals surface area contributed by atoms with Gasteiger partial charge in [-0.15, -0.1) is 0 Å². The summed E-state index contributed by atoms with van der Waals surface area (Å²) in [5.74, 6) is -1.06. The number of carbonyl (C=O) groups is 2. The molecule has 0 spiro atoms. The molecule has 0 saturated heterocycles. The van der Waals surface area contributed by atoms with Crippen molar-refractivity contribution in [3.05, 3.63) is 106 Å². The van der Waals surface area contributed by atoms with Gasteiger partial charge in [0, 0.05) is 0 Å². The second kappa shape index (κ2) is 16.4. The fraction of sp³-hybridized carbons (Fsp3) is 0.412. The van der Waals surface area contributed by atoms with Crippen LogP contribution in [0.4, 0.5) is 0 Å². The van der Waals surface area contributed by atoms with Crippen molar-refractivity contribution in [2.45, 2.75) is 91.3 Å². The van der Waals surface area contributed by atoms with E-state index in [0.29, 0.717) is 0 Å². The minimum atomic E-state index is -0.528. The highest BCUT2D eigenvalue weighted by molar-refractivity contribution is 6.03. The lowest BCUT2D eigenvalue weighted by Gasteiger charge is -2.11. The van der Waals surface area contributed by atoms with Crippen molar-refractivity contribution in [3.63, 3.8) is 0 Å². The third-order valence-corrected chi connectivity index (χ3v) is 6.73. The van der Waals surface area contributed by atoms with Gasteiger partial charge in [-0.05, 0) is 60.1 Å². The Labute approximate surface area is 228 Å². The van der Waals surface area contributed by atoms with Crippen LogP contribution in [0.15, 0.2) is 72.8 Å². The SMILES string of the molecule is CCCCCCc1cccc(COC(=O)c2ccccc2C(=O)OCc2cccc(CCCCCC)c2)c1. The van der Waals surface area contributed by atoms with Crippen LogP contribution in [-0.4, -0.2) is 11.9 Å². The zero-order chi connectivity index (χ0) is 27.0. The van der Waals surface area contributed by atoms with Crippen LogP contribution in [0.25, 0.3) is 0 Å². The van der Waals surface area contributed by atoms with Crippen molar-refractivity contribution in [3.8, 4) is 0 Å². The van der Waals surface area contributed by atoms with Crippen LogP contribution < -0.4 is 0 Å².